The Bertz CT molecular complexity index is 1130. The number of carbonyl (C=O) groups is 3. The van der Waals surface area contributed by atoms with E-state index in [0.717, 1.165) is 17.5 Å². The minimum absolute atomic E-state index is 0.0690. The monoisotopic (exact) mass is 478 g/mol. The van der Waals surface area contributed by atoms with E-state index < -0.39 is 6.04 Å². The second-order valence-electron chi connectivity index (χ2n) is 7.79. The van der Waals surface area contributed by atoms with Crippen molar-refractivity contribution >= 4 is 46.2 Å². The van der Waals surface area contributed by atoms with Gasteiger partial charge < -0.3 is 10.1 Å². The summed E-state index contributed by atoms with van der Waals surface area (Å²) in [6.45, 7) is 2.58. The van der Waals surface area contributed by atoms with Gasteiger partial charge in [-0.15, -0.1) is 0 Å². The number of ether oxygens (including phenoxy) is 1. The van der Waals surface area contributed by atoms with Crippen molar-refractivity contribution in [1.29, 1.82) is 0 Å². The third-order valence-electron chi connectivity index (χ3n) is 5.46. The van der Waals surface area contributed by atoms with E-state index in [1.165, 1.54) is 11.8 Å². The first kappa shape index (κ1) is 23.7. The zero-order valence-electron chi connectivity index (χ0n) is 18.9. The van der Waals surface area contributed by atoms with Crippen LogP contribution in [0.1, 0.15) is 30.9 Å². The molecule has 0 saturated heterocycles. The minimum atomic E-state index is -0.642. The topological polar surface area (TPSA) is 100 Å². The second-order valence-corrected chi connectivity index (χ2v) is 8.73. The molecule has 2 heterocycles. The zero-order valence-corrected chi connectivity index (χ0v) is 19.7. The maximum atomic E-state index is 12.8. The number of nitrogens with one attached hydrogen (secondary N) is 1. The van der Waals surface area contributed by atoms with Crippen LogP contribution in [0.25, 0.3) is 0 Å². The molecular formula is C25H26N4O4S. The number of rotatable bonds is 9. The number of hydrogen-bond acceptors (Lipinski definition) is 7. The molecule has 2 amide bonds. The van der Waals surface area contributed by atoms with Gasteiger partial charge in [-0.1, -0.05) is 54.2 Å². The second kappa shape index (κ2) is 11.1. The Balaban J connectivity index is 1.41. The summed E-state index contributed by atoms with van der Waals surface area (Å²) >= 11 is 1.20. The number of nitrogens with zero attached hydrogens (tertiary/aromatic N) is 3. The number of benzene rings is 2. The van der Waals surface area contributed by atoms with E-state index in [9.17, 15) is 14.4 Å². The fourth-order valence-corrected chi connectivity index (χ4v) is 4.70. The fraction of sp³-hybridized carbons (Fsp3) is 0.320. The number of esters is 1. The number of amides is 2. The minimum Gasteiger partial charge on any atom is -0.465 e. The molecule has 1 unspecified atom stereocenters. The molecule has 0 fully saturated rings. The third-order valence-corrected chi connectivity index (χ3v) is 6.38. The maximum absolute atomic E-state index is 12.8. The molecule has 1 N–H and O–H groups in total. The van der Waals surface area contributed by atoms with E-state index in [1.807, 2.05) is 54.6 Å². The molecule has 0 spiro atoms. The molecule has 4 rings (SSSR count). The van der Waals surface area contributed by atoms with E-state index in [1.54, 1.807) is 11.8 Å². The Morgan fingerprint density at radius 2 is 1.85 bits per heavy atom. The summed E-state index contributed by atoms with van der Waals surface area (Å²) in [6, 6.07) is 16.7. The van der Waals surface area contributed by atoms with Gasteiger partial charge in [-0.3, -0.25) is 19.3 Å². The molecule has 9 heteroatoms. The van der Waals surface area contributed by atoms with Crippen LogP contribution in [0.2, 0.25) is 0 Å². The fourth-order valence-electron chi connectivity index (χ4n) is 3.85. The molecule has 2 aliphatic rings. The Morgan fingerprint density at radius 3 is 2.65 bits per heavy atom. The van der Waals surface area contributed by atoms with Gasteiger partial charge in [0.25, 0.3) is 5.91 Å². The highest BCUT2D eigenvalue weighted by molar-refractivity contribution is 8.14. The lowest BCUT2D eigenvalue weighted by Gasteiger charge is -2.30. The molecule has 0 radical (unpaired) electrons. The average Bonchev–Trinajstić information content (AvgIpc) is 3.18. The van der Waals surface area contributed by atoms with Crippen molar-refractivity contribution in [3.8, 4) is 0 Å². The van der Waals surface area contributed by atoms with Crippen LogP contribution >= 0.6 is 11.8 Å². The summed E-state index contributed by atoms with van der Waals surface area (Å²) < 4.78 is 5.03. The van der Waals surface area contributed by atoms with E-state index in [-0.39, 0.29) is 30.0 Å². The molecule has 2 aromatic carbocycles. The molecule has 8 nitrogen and oxygen atoms in total. The van der Waals surface area contributed by atoms with E-state index in [4.69, 9.17) is 4.74 Å². The van der Waals surface area contributed by atoms with Crippen LogP contribution in [-0.2, 0) is 25.5 Å². The largest absolute Gasteiger partial charge is 0.465 e. The van der Waals surface area contributed by atoms with Gasteiger partial charge in [-0.25, -0.2) is 4.99 Å². The molecule has 176 valence electrons. The number of hydrogen-bond donors (Lipinski definition) is 1. The van der Waals surface area contributed by atoms with Crippen molar-refractivity contribution in [3.63, 3.8) is 0 Å². The normalized spacial score (nSPS) is 16.3. The van der Waals surface area contributed by atoms with Crippen molar-refractivity contribution < 1.29 is 19.1 Å². The smallest absolute Gasteiger partial charge is 0.316 e. The molecule has 0 bridgehead atoms. The number of carbonyl (C=O) groups excluding carboxylic acids is 3. The summed E-state index contributed by atoms with van der Waals surface area (Å²) in [4.78, 5) is 47.9. The van der Waals surface area contributed by atoms with Gasteiger partial charge in [0.05, 0.1) is 18.0 Å². The lowest BCUT2D eigenvalue weighted by molar-refractivity contribution is -0.139. The maximum Gasteiger partial charge on any atom is 0.316 e. The van der Waals surface area contributed by atoms with Gasteiger partial charge in [0.15, 0.2) is 5.17 Å². The highest BCUT2D eigenvalue weighted by atomic mass is 32.2. The Labute approximate surface area is 202 Å². The average molecular weight is 479 g/mol. The first-order valence-corrected chi connectivity index (χ1v) is 12.2. The third kappa shape index (κ3) is 5.53. The molecule has 34 heavy (non-hydrogen) atoms. The lowest BCUT2D eigenvalue weighted by atomic mass is 10.1. The summed E-state index contributed by atoms with van der Waals surface area (Å²) in [5, 5.41) is 3.43. The number of aliphatic imine (C=N–C) groups is 2. The zero-order chi connectivity index (χ0) is 23.9. The highest BCUT2D eigenvalue weighted by Crippen LogP contribution is 2.35. The Morgan fingerprint density at radius 1 is 1.09 bits per heavy atom. The molecule has 0 aliphatic carbocycles. The Hall–Kier alpha value is -3.46. The van der Waals surface area contributed by atoms with Gasteiger partial charge in [-0.05, 0) is 37.5 Å². The number of amidine groups is 2. The quantitative estimate of drug-likeness (QED) is 0.556. The summed E-state index contributed by atoms with van der Waals surface area (Å²) in [6.07, 6.45) is 1.22. The van der Waals surface area contributed by atoms with Crippen LogP contribution in [0.5, 0.6) is 0 Å². The van der Waals surface area contributed by atoms with Crippen LogP contribution in [0.15, 0.2) is 64.6 Å². The van der Waals surface area contributed by atoms with Crippen LogP contribution in [-0.4, -0.2) is 58.6 Å². The highest BCUT2D eigenvalue weighted by Gasteiger charge is 2.41. The first-order chi connectivity index (χ1) is 16.6. The first-order valence-electron chi connectivity index (χ1n) is 11.3. The van der Waals surface area contributed by atoms with Crippen LogP contribution < -0.4 is 5.32 Å². The number of fused-ring (bicyclic) bond motifs is 3. The summed E-state index contributed by atoms with van der Waals surface area (Å²) in [5.41, 5.74) is 2.60. The Kier molecular flexibility index (Phi) is 7.74. The molecule has 1 atom stereocenters. The van der Waals surface area contributed by atoms with Gasteiger partial charge in [-0.2, -0.15) is 4.99 Å². The number of para-hydroxylation sites is 1. The van der Waals surface area contributed by atoms with Gasteiger partial charge >= 0.3 is 5.97 Å². The van der Waals surface area contributed by atoms with Crippen molar-refractivity contribution in [1.82, 2.24) is 10.2 Å². The molecule has 2 aliphatic heterocycles. The van der Waals surface area contributed by atoms with Gasteiger partial charge in [0.2, 0.25) is 5.91 Å². The standard InChI is InChI=1S/C25H26N4O4S/c1-2-33-22(31)16-34-25-27-19-11-7-6-10-18(19)23-28-24(32)20(29(23)25)12-13-21(30)26-15-14-17-8-4-3-5-9-17/h3-11,20H,2,12-16H2,1H3,(H,26,30). The molecule has 0 aromatic heterocycles. The van der Waals surface area contributed by atoms with Crippen molar-refractivity contribution in [2.75, 3.05) is 18.9 Å². The van der Waals surface area contributed by atoms with Crippen molar-refractivity contribution in [2.45, 2.75) is 32.2 Å². The SMILES string of the molecule is CCOC(=O)CSC1=Nc2ccccc2C2=NC(=O)C(CCC(=O)NCCc3ccccc3)N12. The van der Waals surface area contributed by atoms with Crippen LogP contribution in [0.3, 0.4) is 0 Å². The molecular weight excluding hydrogens is 452 g/mol. The van der Waals surface area contributed by atoms with E-state index >= 15 is 0 Å². The van der Waals surface area contributed by atoms with Crippen LogP contribution in [0.4, 0.5) is 5.69 Å². The van der Waals surface area contributed by atoms with Crippen molar-refractivity contribution in [3.05, 3.63) is 65.7 Å². The van der Waals surface area contributed by atoms with Crippen molar-refractivity contribution in [2.24, 2.45) is 9.98 Å². The van der Waals surface area contributed by atoms with Crippen LogP contribution in [0, 0.1) is 0 Å². The summed E-state index contributed by atoms with van der Waals surface area (Å²) in [5.74, 6) is -0.205. The number of thioether (sulfide) groups is 1. The predicted molar refractivity (Wildman–Crippen MR) is 132 cm³/mol. The lowest BCUT2D eigenvalue weighted by Crippen LogP contribution is -2.44. The molecule has 2 aromatic rings. The summed E-state index contributed by atoms with van der Waals surface area (Å²) in [7, 11) is 0. The predicted octanol–water partition coefficient (Wildman–Crippen LogP) is 3.08. The molecule has 0 saturated carbocycles. The van der Waals surface area contributed by atoms with Gasteiger partial charge in [0, 0.05) is 18.5 Å². The van der Waals surface area contributed by atoms with Gasteiger partial charge in [0.1, 0.15) is 11.9 Å². The van der Waals surface area contributed by atoms with E-state index in [0.29, 0.717) is 36.3 Å². The van der Waals surface area contributed by atoms with E-state index in [2.05, 4.69) is 15.3 Å².